The number of hydrogen-bond donors (Lipinski definition) is 1. The summed E-state index contributed by atoms with van der Waals surface area (Å²) in [6, 6.07) is 0.490. The second kappa shape index (κ2) is 6.44. The van der Waals surface area contributed by atoms with Gasteiger partial charge in [-0.1, -0.05) is 46.0 Å². The fourth-order valence-corrected chi connectivity index (χ4v) is 2.74. The van der Waals surface area contributed by atoms with E-state index < -0.39 is 0 Å². The van der Waals surface area contributed by atoms with Gasteiger partial charge in [0.15, 0.2) is 0 Å². The highest BCUT2D eigenvalue weighted by Gasteiger charge is 2.23. The molecule has 0 amide bonds. The van der Waals surface area contributed by atoms with Crippen molar-refractivity contribution in [3.05, 3.63) is 0 Å². The first-order valence-electron chi connectivity index (χ1n) is 6.49. The maximum absolute atomic E-state index is 6.25. The van der Waals surface area contributed by atoms with Crippen LogP contribution in [0.15, 0.2) is 0 Å². The van der Waals surface area contributed by atoms with Crippen LogP contribution in [-0.4, -0.2) is 6.04 Å². The molecular formula is C13H27N. The lowest BCUT2D eigenvalue weighted by molar-refractivity contribution is 0.237. The van der Waals surface area contributed by atoms with Crippen molar-refractivity contribution in [1.82, 2.24) is 0 Å². The van der Waals surface area contributed by atoms with Gasteiger partial charge in [-0.05, 0) is 31.1 Å². The highest BCUT2D eigenvalue weighted by Crippen LogP contribution is 2.31. The minimum Gasteiger partial charge on any atom is -0.327 e. The average molecular weight is 197 g/mol. The van der Waals surface area contributed by atoms with Crippen molar-refractivity contribution >= 4 is 0 Å². The summed E-state index contributed by atoms with van der Waals surface area (Å²) in [4.78, 5) is 0. The largest absolute Gasteiger partial charge is 0.327 e. The van der Waals surface area contributed by atoms with Crippen molar-refractivity contribution in [2.45, 2.75) is 71.3 Å². The molecule has 0 saturated heterocycles. The van der Waals surface area contributed by atoms with E-state index in [4.69, 9.17) is 5.73 Å². The molecule has 3 atom stereocenters. The van der Waals surface area contributed by atoms with Gasteiger partial charge in [-0.3, -0.25) is 0 Å². The van der Waals surface area contributed by atoms with E-state index in [2.05, 4.69) is 13.8 Å². The second-order valence-corrected chi connectivity index (χ2v) is 5.19. The van der Waals surface area contributed by atoms with Crippen LogP contribution in [0.1, 0.15) is 65.2 Å². The Morgan fingerprint density at radius 2 is 2.07 bits per heavy atom. The van der Waals surface area contributed by atoms with Gasteiger partial charge in [0, 0.05) is 6.04 Å². The molecule has 2 N–H and O–H groups in total. The molecule has 0 aromatic heterocycles. The Morgan fingerprint density at radius 3 is 2.71 bits per heavy atom. The summed E-state index contributed by atoms with van der Waals surface area (Å²) in [6.45, 7) is 4.64. The number of unbranched alkanes of at least 4 members (excludes halogenated alkanes) is 2. The third-order valence-electron chi connectivity index (χ3n) is 3.72. The predicted octanol–water partition coefficient (Wildman–Crippen LogP) is 3.72. The molecule has 0 spiro atoms. The second-order valence-electron chi connectivity index (χ2n) is 5.19. The Bertz CT molecular complexity index is 144. The molecule has 3 unspecified atom stereocenters. The van der Waals surface area contributed by atoms with Gasteiger partial charge < -0.3 is 5.73 Å². The molecule has 1 fully saturated rings. The van der Waals surface area contributed by atoms with E-state index in [9.17, 15) is 0 Å². The zero-order valence-electron chi connectivity index (χ0n) is 9.97. The quantitative estimate of drug-likeness (QED) is 0.668. The van der Waals surface area contributed by atoms with Crippen molar-refractivity contribution in [1.29, 1.82) is 0 Å². The van der Waals surface area contributed by atoms with Crippen LogP contribution in [0.2, 0.25) is 0 Å². The summed E-state index contributed by atoms with van der Waals surface area (Å²) in [5.74, 6) is 1.75. The van der Waals surface area contributed by atoms with E-state index in [0.717, 1.165) is 11.8 Å². The fourth-order valence-electron chi connectivity index (χ4n) is 2.74. The Morgan fingerprint density at radius 1 is 1.29 bits per heavy atom. The molecule has 0 aliphatic heterocycles. The van der Waals surface area contributed by atoms with Crippen LogP contribution in [0, 0.1) is 11.8 Å². The molecule has 1 saturated carbocycles. The first kappa shape index (κ1) is 12.0. The van der Waals surface area contributed by atoms with Gasteiger partial charge in [-0.2, -0.15) is 0 Å². The maximum Gasteiger partial charge on any atom is 0.00672 e. The Kier molecular flexibility index (Phi) is 5.54. The van der Waals surface area contributed by atoms with E-state index in [1.165, 1.54) is 51.4 Å². The summed E-state index contributed by atoms with van der Waals surface area (Å²) in [5, 5.41) is 0. The van der Waals surface area contributed by atoms with Gasteiger partial charge in [-0.15, -0.1) is 0 Å². The Hall–Kier alpha value is -0.0400. The summed E-state index contributed by atoms with van der Waals surface area (Å²) in [5.41, 5.74) is 6.25. The van der Waals surface area contributed by atoms with Crippen LogP contribution in [-0.2, 0) is 0 Å². The van der Waals surface area contributed by atoms with E-state index in [1.54, 1.807) is 0 Å². The lowest BCUT2D eigenvalue weighted by atomic mass is 9.77. The SMILES string of the molecule is CCCCCC(N)C1CCCC(C)C1. The van der Waals surface area contributed by atoms with Crippen LogP contribution in [0.3, 0.4) is 0 Å². The fraction of sp³-hybridized carbons (Fsp3) is 1.00. The van der Waals surface area contributed by atoms with E-state index >= 15 is 0 Å². The minimum absolute atomic E-state index is 0.490. The molecule has 0 aromatic carbocycles. The van der Waals surface area contributed by atoms with Crippen LogP contribution in [0.25, 0.3) is 0 Å². The van der Waals surface area contributed by atoms with Crippen LogP contribution in [0.5, 0.6) is 0 Å². The number of nitrogens with two attached hydrogens (primary N) is 1. The molecule has 14 heavy (non-hydrogen) atoms. The van der Waals surface area contributed by atoms with Gasteiger partial charge in [0.05, 0.1) is 0 Å². The van der Waals surface area contributed by atoms with E-state index in [-0.39, 0.29) is 0 Å². The zero-order chi connectivity index (χ0) is 10.4. The van der Waals surface area contributed by atoms with Crippen molar-refractivity contribution in [3.63, 3.8) is 0 Å². The minimum atomic E-state index is 0.490. The highest BCUT2D eigenvalue weighted by atomic mass is 14.6. The van der Waals surface area contributed by atoms with Gasteiger partial charge in [0.25, 0.3) is 0 Å². The lowest BCUT2D eigenvalue weighted by Crippen LogP contribution is -2.33. The first-order valence-corrected chi connectivity index (χ1v) is 6.49. The normalized spacial score (nSPS) is 30.2. The first-order chi connectivity index (χ1) is 6.74. The molecule has 84 valence electrons. The van der Waals surface area contributed by atoms with Crippen molar-refractivity contribution in [2.24, 2.45) is 17.6 Å². The van der Waals surface area contributed by atoms with Gasteiger partial charge >= 0.3 is 0 Å². The molecular weight excluding hydrogens is 170 g/mol. The molecule has 1 aliphatic rings. The van der Waals surface area contributed by atoms with Crippen LogP contribution in [0.4, 0.5) is 0 Å². The van der Waals surface area contributed by atoms with Crippen molar-refractivity contribution in [3.8, 4) is 0 Å². The maximum atomic E-state index is 6.25. The van der Waals surface area contributed by atoms with Gasteiger partial charge in [-0.25, -0.2) is 0 Å². The highest BCUT2D eigenvalue weighted by molar-refractivity contribution is 4.78. The lowest BCUT2D eigenvalue weighted by Gasteiger charge is -2.31. The van der Waals surface area contributed by atoms with E-state index in [1.807, 2.05) is 0 Å². The number of rotatable bonds is 5. The summed E-state index contributed by atoms with van der Waals surface area (Å²) < 4.78 is 0. The van der Waals surface area contributed by atoms with Crippen molar-refractivity contribution < 1.29 is 0 Å². The standard InChI is InChI=1S/C13H27N/c1-3-4-5-9-13(14)12-8-6-7-11(2)10-12/h11-13H,3-10,14H2,1-2H3. The molecule has 1 aliphatic carbocycles. The monoisotopic (exact) mass is 197 g/mol. The summed E-state index contributed by atoms with van der Waals surface area (Å²) in [7, 11) is 0. The molecule has 1 heteroatoms. The third kappa shape index (κ3) is 4.00. The molecule has 0 heterocycles. The van der Waals surface area contributed by atoms with Crippen molar-refractivity contribution in [2.75, 3.05) is 0 Å². The molecule has 0 aromatic rings. The third-order valence-corrected chi connectivity index (χ3v) is 3.72. The predicted molar refractivity (Wildman–Crippen MR) is 63.2 cm³/mol. The van der Waals surface area contributed by atoms with Crippen LogP contribution >= 0.6 is 0 Å². The molecule has 1 nitrogen and oxygen atoms in total. The zero-order valence-corrected chi connectivity index (χ0v) is 9.97. The number of hydrogen-bond acceptors (Lipinski definition) is 1. The Labute approximate surface area is 89.5 Å². The summed E-state index contributed by atoms with van der Waals surface area (Å²) >= 11 is 0. The molecule has 0 radical (unpaired) electrons. The van der Waals surface area contributed by atoms with Gasteiger partial charge in [0.1, 0.15) is 0 Å². The van der Waals surface area contributed by atoms with Crippen LogP contribution < -0.4 is 5.73 Å². The topological polar surface area (TPSA) is 26.0 Å². The van der Waals surface area contributed by atoms with E-state index in [0.29, 0.717) is 6.04 Å². The smallest absolute Gasteiger partial charge is 0.00672 e. The molecule has 0 bridgehead atoms. The summed E-state index contributed by atoms with van der Waals surface area (Å²) in [6.07, 6.45) is 10.9. The average Bonchev–Trinajstić information content (AvgIpc) is 2.18. The van der Waals surface area contributed by atoms with Gasteiger partial charge in [0.2, 0.25) is 0 Å². The molecule has 1 rings (SSSR count). The Balaban J connectivity index is 2.18.